The first-order chi connectivity index (χ1) is 8.74. The van der Waals surface area contributed by atoms with Crippen molar-refractivity contribution in [3.63, 3.8) is 0 Å². The Balaban J connectivity index is 2.09. The number of hydrogen-bond acceptors (Lipinski definition) is 2. The van der Waals surface area contributed by atoms with Crippen molar-refractivity contribution in [3.8, 4) is 0 Å². The second-order valence-corrected chi connectivity index (χ2v) is 6.15. The van der Waals surface area contributed by atoms with Gasteiger partial charge in [0.25, 0.3) is 0 Å². The molecule has 0 aliphatic rings. The highest BCUT2D eigenvalue weighted by atomic mass is 32.2. The zero-order chi connectivity index (χ0) is 13.2. The Hall–Kier alpha value is -0.630. The summed E-state index contributed by atoms with van der Waals surface area (Å²) in [4.78, 5) is 1.25. The SMILES string of the molecule is CCCCCCCCCSc1cc(C)ccc1N. The molecule has 1 aromatic carbocycles. The van der Waals surface area contributed by atoms with Crippen LogP contribution in [0.3, 0.4) is 0 Å². The van der Waals surface area contributed by atoms with Crippen molar-refractivity contribution in [1.29, 1.82) is 0 Å². The number of aryl methyl sites for hydroxylation is 1. The Labute approximate surface area is 117 Å². The fourth-order valence-corrected chi connectivity index (χ4v) is 3.08. The highest BCUT2D eigenvalue weighted by Crippen LogP contribution is 2.27. The van der Waals surface area contributed by atoms with E-state index in [1.807, 2.05) is 17.8 Å². The van der Waals surface area contributed by atoms with E-state index in [1.165, 1.54) is 61.2 Å². The number of unbranched alkanes of at least 4 members (excludes halogenated alkanes) is 6. The normalized spacial score (nSPS) is 10.8. The largest absolute Gasteiger partial charge is 0.398 e. The van der Waals surface area contributed by atoms with Crippen LogP contribution in [0.4, 0.5) is 5.69 Å². The number of thioether (sulfide) groups is 1. The standard InChI is InChI=1S/C16H27NS/c1-3-4-5-6-7-8-9-12-18-16-13-14(2)10-11-15(16)17/h10-11,13H,3-9,12,17H2,1-2H3. The van der Waals surface area contributed by atoms with Crippen molar-refractivity contribution in [1.82, 2.24) is 0 Å². The molecule has 0 unspecified atom stereocenters. The molecule has 0 saturated carbocycles. The maximum absolute atomic E-state index is 5.96. The molecule has 1 rings (SSSR count). The Morgan fingerprint density at radius 1 is 1.00 bits per heavy atom. The quantitative estimate of drug-likeness (QED) is 0.366. The minimum atomic E-state index is 0.925. The lowest BCUT2D eigenvalue weighted by Crippen LogP contribution is -1.90. The van der Waals surface area contributed by atoms with E-state index in [4.69, 9.17) is 5.73 Å². The van der Waals surface area contributed by atoms with Gasteiger partial charge in [-0.3, -0.25) is 0 Å². The van der Waals surface area contributed by atoms with Gasteiger partial charge in [0, 0.05) is 10.6 Å². The molecule has 0 aliphatic carbocycles. The second-order valence-electron chi connectivity index (χ2n) is 5.01. The monoisotopic (exact) mass is 265 g/mol. The van der Waals surface area contributed by atoms with Gasteiger partial charge in [-0.1, -0.05) is 51.5 Å². The molecule has 0 fully saturated rings. The first-order valence-corrected chi connectivity index (χ1v) is 8.21. The summed E-state index contributed by atoms with van der Waals surface area (Å²) in [5.74, 6) is 1.20. The third-order valence-corrected chi connectivity index (χ3v) is 4.33. The van der Waals surface area contributed by atoms with Gasteiger partial charge in [0.15, 0.2) is 0 Å². The van der Waals surface area contributed by atoms with Crippen LogP contribution in [-0.2, 0) is 0 Å². The lowest BCUT2D eigenvalue weighted by atomic mass is 10.1. The summed E-state index contributed by atoms with van der Waals surface area (Å²) in [5.41, 5.74) is 8.19. The maximum Gasteiger partial charge on any atom is 0.0452 e. The van der Waals surface area contributed by atoms with Gasteiger partial charge in [-0.05, 0) is 36.8 Å². The van der Waals surface area contributed by atoms with E-state index in [-0.39, 0.29) is 0 Å². The average Bonchev–Trinajstić information content (AvgIpc) is 2.36. The first-order valence-electron chi connectivity index (χ1n) is 7.23. The van der Waals surface area contributed by atoms with E-state index in [0.29, 0.717) is 0 Å². The molecule has 1 nitrogen and oxygen atoms in total. The minimum absolute atomic E-state index is 0.925. The van der Waals surface area contributed by atoms with E-state index in [1.54, 1.807) is 0 Å². The third kappa shape index (κ3) is 6.34. The smallest absolute Gasteiger partial charge is 0.0452 e. The van der Waals surface area contributed by atoms with Crippen LogP contribution in [0.5, 0.6) is 0 Å². The number of rotatable bonds is 9. The fourth-order valence-electron chi connectivity index (χ4n) is 2.01. The number of nitrogens with two attached hydrogens (primary N) is 1. The maximum atomic E-state index is 5.96. The molecule has 2 N–H and O–H groups in total. The van der Waals surface area contributed by atoms with Crippen LogP contribution >= 0.6 is 11.8 Å². The van der Waals surface area contributed by atoms with E-state index in [2.05, 4.69) is 26.0 Å². The van der Waals surface area contributed by atoms with Crippen LogP contribution in [0, 0.1) is 6.92 Å². The number of nitrogen functional groups attached to an aromatic ring is 1. The molecule has 2 heteroatoms. The van der Waals surface area contributed by atoms with Gasteiger partial charge in [0.2, 0.25) is 0 Å². The summed E-state index contributed by atoms with van der Waals surface area (Å²) in [5, 5.41) is 0. The predicted molar refractivity (Wildman–Crippen MR) is 84.3 cm³/mol. The van der Waals surface area contributed by atoms with Crippen molar-refractivity contribution in [2.45, 2.75) is 63.7 Å². The zero-order valence-corrected chi connectivity index (χ0v) is 12.7. The van der Waals surface area contributed by atoms with Crippen molar-refractivity contribution in [3.05, 3.63) is 23.8 Å². The Bertz CT molecular complexity index is 336. The molecule has 0 bridgehead atoms. The minimum Gasteiger partial charge on any atom is -0.398 e. The molecule has 0 heterocycles. The molecule has 0 saturated heterocycles. The van der Waals surface area contributed by atoms with Crippen LogP contribution < -0.4 is 5.73 Å². The molecule has 1 aromatic rings. The van der Waals surface area contributed by atoms with Gasteiger partial charge < -0.3 is 5.73 Å². The molecule has 0 aromatic heterocycles. The summed E-state index contributed by atoms with van der Waals surface area (Å²) < 4.78 is 0. The molecule has 18 heavy (non-hydrogen) atoms. The van der Waals surface area contributed by atoms with Gasteiger partial charge >= 0.3 is 0 Å². The summed E-state index contributed by atoms with van der Waals surface area (Å²) in [6.45, 7) is 4.39. The van der Waals surface area contributed by atoms with Gasteiger partial charge in [0.05, 0.1) is 0 Å². The number of benzene rings is 1. The van der Waals surface area contributed by atoms with Crippen molar-refractivity contribution >= 4 is 17.4 Å². The van der Waals surface area contributed by atoms with Crippen LogP contribution in [0.1, 0.15) is 57.4 Å². The summed E-state index contributed by atoms with van der Waals surface area (Å²) in [6, 6.07) is 6.29. The lowest BCUT2D eigenvalue weighted by molar-refractivity contribution is 0.603. The van der Waals surface area contributed by atoms with Gasteiger partial charge in [-0.2, -0.15) is 0 Å². The summed E-state index contributed by atoms with van der Waals surface area (Å²) in [6.07, 6.45) is 9.62. The zero-order valence-electron chi connectivity index (χ0n) is 11.9. The lowest BCUT2D eigenvalue weighted by Gasteiger charge is -2.06. The van der Waals surface area contributed by atoms with Crippen LogP contribution in [-0.4, -0.2) is 5.75 Å². The third-order valence-electron chi connectivity index (χ3n) is 3.17. The fraction of sp³-hybridized carbons (Fsp3) is 0.625. The number of anilines is 1. The topological polar surface area (TPSA) is 26.0 Å². The van der Waals surface area contributed by atoms with E-state index >= 15 is 0 Å². The van der Waals surface area contributed by atoms with Crippen LogP contribution in [0.2, 0.25) is 0 Å². The highest BCUT2D eigenvalue weighted by molar-refractivity contribution is 7.99. The predicted octanol–water partition coefficient (Wildman–Crippen LogP) is 5.42. The van der Waals surface area contributed by atoms with Gasteiger partial charge in [-0.15, -0.1) is 11.8 Å². The van der Waals surface area contributed by atoms with Crippen LogP contribution in [0.25, 0.3) is 0 Å². The molecular formula is C16H27NS. The molecule has 0 atom stereocenters. The van der Waals surface area contributed by atoms with Crippen LogP contribution in [0.15, 0.2) is 23.1 Å². The molecule has 0 aliphatic heterocycles. The van der Waals surface area contributed by atoms with E-state index in [9.17, 15) is 0 Å². The highest BCUT2D eigenvalue weighted by Gasteiger charge is 2.00. The van der Waals surface area contributed by atoms with Crippen molar-refractivity contribution in [2.24, 2.45) is 0 Å². The molecular weight excluding hydrogens is 238 g/mol. The molecule has 0 spiro atoms. The summed E-state index contributed by atoms with van der Waals surface area (Å²) in [7, 11) is 0. The van der Waals surface area contributed by atoms with Crippen molar-refractivity contribution in [2.75, 3.05) is 11.5 Å². The van der Waals surface area contributed by atoms with E-state index < -0.39 is 0 Å². The van der Waals surface area contributed by atoms with Gasteiger partial charge in [0.1, 0.15) is 0 Å². The van der Waals surface area contributed by atoms with E-state index in [0.717, 1.165) is 5.69 Å². The molecule has 0 amide bonds. The Morgan fingerprint density at radius 3 is 2.39 bits per heavy atom. The molecule has 0 radical (unpaired) electrons. The Morgan fingerprint density at radius 2 is 1.67 bits per heavy atom. The second kappa shape index (κ2) is 9.32. The molecule has 102 valence electrons. The summed E-state index contributed by atoms with van der Waals surface area (Å²) >= 11 is 1.90. The average molecular weight is 265 g/mol. The number of hydrogen-bond donors (Lipinski definition) is 1. The van der Waals surface area contributed by atoms with Gasteiger partial charge in [-0.25, -0.2) is 0 Å². The first kappa shape index (κ1) is 15.4. The van der Waals surface area contributed by atoms with Crippen molar-refractivity contribution < 1.29 is 0 Å². The Kier molecular flexibility index (Phi) is 7.99.